The summed E-state index contributed by atoms with van der Waals surface area (Å²) < 4.78 is 11.3. The fraction of sp³-hybridized carbons (Fsp3) is 0.667. The summed E-state index contributed by atoms with van der Waals surface area (Å²) in [5.74, 6) is 0.857. The smallest absolute Gasteiger partial charge is 0.191 e. The molecule has 0 spiro atoms. The van der Waals surface area contributed by atoms with Crippen LogP contribution >= 0.6 is 24.0 Å². The van der Waals surface area contributed by atoms with Gasteiger partial charge in [-0.15, -0.1) is 24.0 Å². The third-order valence-corrected chi connectivity index (χ3v) is 5.15. The first-order valence-electron chi connectivity index (χ1n) is 9.92. The van der Waals surface area contributed by atoms with Gasteiger partial charge in [-0.3, -0.25) is 4.99 Å². The number of aliphatic imine (C=N–C) groups is 1. The van der Waals surface area contributed by atoms with Crippen LogP contribution in [0.15, 0.2) is 35.3 Å². The van der Waals surface area contributed by atoms with Crippen molar-refractivity contribution in [2.45, 2.75) is 45.6 Å². The molecule has 0 aliphatic heterocycles. The molecule has 1 aromatic carbocycles. The van der Waals surface area contributed by atoms with Crippen LogP contribution in [0.25, 0.3) is 0 Å². The molecule has 6 heteroatoms. The molecule has 154 valence electrons. The Labute approximate surface area is 181 Å². The van der Waals surface area contributed by atoms with Gasteiger partial charge in [0.05, 0.1) is 13.2 Å². The maximum atomic E-state index is 5.72. The van der Waals surface area contributed by atoms with Crippen LogP contribution in [0.4, 0.5) is 0 Å². The lowest BCUT2D eigenvalue weighted by atomic mass is 9.83. The number of benzene rings is 1. The summed E-state index contributed by atoms with van der Waals surface area (Å²) in [7, 11) is 1.82. The Kier molecular flexibility index (Phi) is 12.7. The lowest BCUT2D eigenvalue weighted by Gasteiger charge is -2.30. The Morgan fingerprint density at radius 1 is 1.07 bits per heavy atom. The van der Waals surface area contributed by atoms with Gasteiger partial charge in [-0.25, -0.2) is 0 Å². The molecule has 5 nitrogen and oxygen atoms in total. The molecule has 0 saturated heterocycles. The van der Waals surface area contributed by atoms with Gasteiger partial charge in [-0.1, -0.05) is 43.2 Å². The van der Waals surface area contributed by atoms with E-state index in [0.29, 0.717) is 18.6 Å². The van der Waals surface area contributed by atoms with Gasteiger partial charge in [0.1, 0.15) is 0 Å². The quantitative estimate of drug-likeness (QED) is 0.214. The minimum atomic E-state index is 0. The van der Waals surface area contributed by atoms with Gasteiger partial charge in [-0.05, 0) is 37.2 Å². The van der Waals surface area contributed by atoms with E-state index in [9.17, 15) is 0 Å². The molecule has 0 radical (unpaired) electrons. The van der Waals surface area contributed by atoms with Crippen molar-refractivity contribution < 1.29 is 9.47 Å². The second kappa shape index (κ2) is 14.2. The van der Waals surface area contributed by atoms with Gasteiger partial charge in [0.15, 0.2) is 5.96 Å². The largest absolute Gasteiger partial charge is 0.382 e. The third kappa shape index (κ3) is 9.25. The van der Waals surface area contributed by atoms with Crippen molar-refractivity contribution in [3.63, 3.8) is 0 Å². The van der Waals surface area contributed by atoms with Crippen LogP contribution in [0, 0.1) is 5.41 Å². The molecular formula is C21H36IN3O2. The van der Waals surface area contributed by atoms with Gasteiger partial charge in [0.2, 0.25) is 0 Å². The number of nitrogens with zero attached hydrogens (tertiary/aromatic N) is 1. The van der Waals surface area contributed by atoms with E-state index in [0.717, 1.165) is 38.7 Å². The molecule has 27 heavy (non-hydrogen) atoms. The predicted molar refractivity (Wildman–Crippen MR) is 123 cm³/mol. The minimum absolute atomic E-state index is 0. The van der Waals surface area contributed by atoms with Gasteiger partial charge in [0, 0.05) is 33.4 Å². The molecule has 0 unspecified atom stereocenters. The first-order valence-corrected chi connectivity index (χ1v) is 9.92. The van der Waals surface area contributed by atoms with Crippen molar-refractivity contribution in [1.29, 1.82) is 0 Å². The van der Waals surface area contributed by atoms with Crippen molar-refractivity contribution in [2.24, 2.45) is 10.4 Å². The van der Waals surface area contributed by atoms with E-state index in [4.69, 9.17) is 9.47 Å². The summed E-state index contributed by atoms with van der Waals surface area (Å²) in [5, 5.41) is 6.86. The molecule has 0 bridgehead atoms. The molecule has 0 aromatic heterocycles. The van der Waals surface area contributed by atoms with E-state index in [1.807, 2.05) is 25.2 Å². The minimum Gasteiger partial charge on any atom is -0.382 e. The summed E-state index contributed by atoms with van der Waals surface area (Å²) >= 11 is 0. The second-order valence-corrected chi connectivity index (χ2v) is 7.04. The Morgan fingerprint density at radius 2 is 1.81 bits per heavy atom. The van der Waals surface area contributed by atoms with E-state index in [1.165, 1.54) is 31.2 Å². The maximum absolute atomic E-state index is 5.72. The van der Waals surface area contributed by atoms with Crippen molar-refractivity contribution in [3.8, 4) is 0 Å². The zero-order chi connectivity index (χ0) is 18.5. The highest BCUT2D eigenvalue weighted by Crippen LogP contribution is 2.40. The average Bonchev–Trinajstić information content (AvgIpc) is 3.14. The van der Waals surface area contributed by atoms with E-state index < -0.39 is 0 Å². The molecule has 2 N–H and O–H groups in total. The van der Waals surface area contributed by atoms with Gasteiger partial charge >= 0.3 is 0 Å². The van der Waals surface area contributed by atoms with Crippen LogP contribution in [-0.4, -0.2) is 45.9 Å². The number of rotatable bonds is 11. The fourth-order valence-corrected chi connectivity index (χ4v) is 3.57. The zero-order valence-electron chi connectivity index (χ0n) is 16.8. The highest BCUT2D eigenvalue weighted by Gasteiger charge is 2.33. The Balaban J connectivity index is 0.00000364. The number of hydrogen-bond donors (Lipinski definition) is 2. The zero-order valence-corrected chi connectivity index (χ0v) is 19.2. The second-order valence-electron chi connectivity index (χ2n) is 7.04. The van der Waals surface area contributed by atoms with Crippen LogP contribution in [0.1, 0.15) is 44.6 Å². The average molecular weight is 489 g/mol. The number of ether oxygens (including phenoxy) is 2. The summed E-state index contributed by atoms with van der Waals surface area (Å²) in [4.78, 5) is 4.34. The normalized spacial score (nSPS) is 16.0. The molecule has 1 aromatic rings. The highest BCUT2D eigenvalue weighted by molar-refractivity contribution is 14.0. The SMILES string of the molecule is CCOCCC1(CNC(=NC)NCCOCc2ccccc2)CCCC1.I. The molecule has 1 aliphatic carbocycles. The third-order valence-electron chi connectivity index (χ3n) is 5.15. The lowest BCUT2D eigenvalue weighted by molar-refractivity contribution is 0.105. The van der Waals surface area contributed by atoms with Crippen LogP contribution < -0.4 is 10.6 Å². The van der Waals surface area contributed by atoms with E-state index in [-0.39, 0.29) is 24.0 Å². The summed E-state index contributed by atoms with van der Waals surface area (Å²) in [6.07, 6.45) is 6.35. The number of nitrogens with one attached hydrogen (secondary N) is 2. The Hall–Kier alpha value is -0.860. The molecule has 0 heterocycles. The number of halogens is 1. The summed E-state index contributed by atoms with van der Waals surface area (Å²) in [6, 6.07) is 10.3. The molecular weight excluding hydrogens is 453 g/mol. The van der Waals surface area contributed by atoms with Crippen molar-refractivity contribution in [2.75, 3.05) is 40.0 Å². The van der Waals surface area contributed by atoms with Gasteiger partial charge < -0.3 is 20.1 Å². The van der Waals surface area contributed by atoms with Crippen molar-refractivity contribution >= 4 is 29.9 Å². The first kappa shape index (κ1) is 24.2. The van der Waals surface area contributed by atoms with E-state index in [2.05, 4.69) is 34.7 Å². The maximum Gasteiger partial charge on any atom is 0.191 e. The van der Waals surface area contributed by atoms with Crippen LogP contribution in [0.5, 0.6) is 0 Å². The number of hydrogen-bond acceptors (Lipinski definition) is 3. The van der Waals surface area contributed by atoms with Crippen LogP contribution in [-0.2, 0) is 16.1 Å². The van der Waals surface area contributed by atoms with Crippen molar-refractivity contribution in [1.82, 2.24) is 10.6 Å². The highest BCUT2D eigenvalue weighted by atomic mass is 127. The van der Waals surface area contributed by atoms with E-state index in [1.54, 1.807) is 0 Å². The molecule has 0 atom stereocenters. The first-order chi connectivity index (χ1) is 12.8. The predicted octanol–water partition coefficient (Wildman–Crippen LogP) is 3.97. The Bertz CT molecular complexity index is 519. The summed E-state index contributed by atoms with van der Waals surface area (Å²) in [6.45, 7) is 6.74. The standard InChI is InChI=1S/C21H35N3O2.HI/c1-3-25-15-13-21(11-7-8-12-21)18-24-20(22-2)23-14-16-26-17-19-9-5-4-6-10-19;/h4-6,9-10H,3,7-8,11-18H2,1-2H3,(H2,22,23,24);1H. The molecule has 0 amide bonds. The Morgan fingerprint density at radius 3 is 2.48 bits per heavy atom. The van der Waals surface area contributed by atoms with E-state index >= 15 is 0 Å². The van der Waals surface area contributed by atoms with Crippen LogP contribution in [0.3, 0.4) is 0 Å². The van der Waals surface area contributed by atoms with Gasteiger partial charge in [0.25, 0.3) is 0 Å². The molecule has 2 rings (SSSR count). The van der Waals surface area contributed by atoms with Crippen molar-refractivity contribution in [3.05, 3.63) is 35.9 Å². The topological polar surface area (TPSA) is 54.9 Å². The molecule has 1 saturated carbocycles. The molecule has 1 aliphatic rings. The summed E-state index contributed by atoms with van der Waals surface area (Å²) in [5.41, 5.74) is 1.56. The molecule has 1 fully saturated rings. The lowest BCUT2D eigenvalue weighted by Crippen LogP contribution is -2.44. The fourth-order valence-electron chi connectivity index (χ4n) is 3.57. The van der Waals surface area contributed by atoms with Crippen LogP contribution in [0.2, 0.25) is 0 Å². The number of guanidine groups is 1. The van der Waals surface area contributed by atoms with Gasteiger partial charge in [-0.2, -0.15) is 0 Å². The monoisotopic (exact) mass is 489 g/mol.